The maximum Gasteiger partial charge on any atom is 0.123 e. The van der Waals surface area contributed by atoms with Crippen LogP contribution < -0.4 is 0 Å². The van der Waals surface area contributed by atoms with Gasteiger partial charge in [0.25, 0.3) is 0 Å². The van der Waals surface area contributed by atoms with E-state index in [1.54, 1.807) is 6.07 Å². The van der Waals surface area contributed by atoms with Crippen LogP contribution in [0.4, 0.5) is 4.39 Å². The molecule has 3 rings (SSSR count). The fourth-order valence-corrected chi connectivity index (χ4v) is 2.57. The van der Waals surface area contributed by atoms with Crippen LogP contribution in [0, 0.1) is 12.7 Å². The molecule has 0 bridgehead atoms. The summed E-state index contributed by atoms with van der Waals surface area (Å²) in [5.74, 6) is -0.256. The summed E-state index contributed by atoms with van der Waals surface area (Å²) in [7, 11) is 0. The Morgan fingerprint density at radius 1 is 1.11 bits per heavy atom. The molecule has 96 valence electrons. The minimum absolute atomic E-state index is 0.256. The van der Waals surface area contributed by atoms with E-state index in [1.165, 1.54) is 17.5 Å². The second-order valence-electron chi connectivity index (χ2n) is 4.67. The number of aryl methyl sites for hydroxylation is 1. The van der Waals surface area contributed by atoms with Crippen molar-refractivity contribution < 1.29 is 4.39 Å². The molecule has 0 atom stereocenters. The number of para-hydroxylation sites is 1. The highest BCUT2D eigenvalue weighted by atomic mass is 35.5. The van der Waals surface area contributed by atoms with Gasteiger partial charge >= 0.3 is 0 Å². The highest BCUT2D eigenvalue weighted by Gasteiger charge is 2.08. The Kier molecular flexibility index (Phi) is 3.03. The molecule has 0 unspecified atom stereocenters. The standard InChI is InChI=1S/C16H13ClFN/c1-11-8-12-4-2-3-5-16(12)19(11)10-13-9-14(18)6-7-15(13)17/h2-9H,10H2,1H3. The van der Waals surface area contributed by atoms with Gasteiger partial charge in [-0.15, -0.1) is 0 Å². The quantitative estimate of drug-likeness (QED) is 0.633. The average Bonchev–Trinajstić information content (AvgIpc) is 2.71. The average molecular weight is 274 g/mol. The molecule has 0 aliphatic carbocycles. The Morgan fingerprint density at radius 2 is 1.89 bits per heavy atom. The predicted octanol–water partition coefficient (Wildman–Crippen LogP) is 4.79. The molecule has 0 radical (unpaired) electrons. The van der Waals surface area contributed by atoms with Crippen molar-refractivity contribution in [1.29, 1.82) is 0 Å². The largest absolute Gasteiger partial charge is 0.340 e. The summed E-state index contributed by atoms with van der Waals surface area (Å²) >= 11 is 6.14. The second-order valence-corrected chi connectivity index (χ2v) is 5.07. The lowest BCUT2D eigenvalue weighted by atomic mass is 10.2. The topological polar surface area (TPSA) is 4.93 Å². The molecule has 0 amide bonds. The van der Waals surface area contributed by atoms with Crippen molar-refractivity contribution in [3.05, 3.63) is 70.6 Å². The van der Waals surface area contributed by atoms with Gasteiger partial charge in [0.2, 0.25) is 0 Å². The number of benzene rings is 2. The van der Waals surface area contributed by atoms with Gasteiger partial charge in [0.15, 0.2) is 0 Å². The maximum absolute atomic E-state index is 13.3. The van der Waals surface area contributed by atoms with E-state index in [4.69, 9.17) is 11.6 Å². The van der Waals surface area contributed by atoms with Gasteiger partial charge in [0.05, 0.1) is 0 Å². The SMILES string of the molecule is Cc1cc2ccccc2n1Cc1cc(F)ccc1Cl. The minimum atomic E-state index is -0.256. The summed E-state index contributed by atoms with van der Waals surface area (Å²) in [6.45, 7) is 2.63. The number of rotatable bonds is 2. The minimum Gasteiger partial charge on any atom is -0.340 e. The number of hydrogen-bond donors (Lipinski definition) is 0. The molecule has 0 aliphatic rings. The first-order valence-corrected chi connectivity index (χ1v) is 6.52. The molecule has 0 N–H and O–H groups in total. The van der Waals surface area contributed by atoms with Gasteiger partial charge in [0.1, 0.15) is 5.82 Å². The zero-order valence-electron chi connectivity index (χ0n) is 10.5. The molecular formula is C16H13ClFN. The molecule has 2 aromatic carbocycles. The van der Waals surface area contributed by atoms with E-state index in [1.807, 2.05) is 19.1 Å². The Hall–Kier alpha value is -1.80. The van der Waals surface area contributed by atoms with Gasteiger partial charge in [-0.05, 0) is 48.2 Å². The molecule has 0 spiro atoms. The van der Waals surface area contributed by atoms with Gasteiger partial charge in [0, 0.05) is 22.8 Å². The smallest absolute Gasteiger partial charge is 0.123 e. The van der Waals surface area contributed by atoms with Crippen molar-refractivity contribution >= 4 is 22.5 Å². The molecule has 1 heterocycles. The van der Waals surface area contributed by atoms with E-state index in [2.05, 4.69) is 22.8 Å². The Bertz CT molecular complexity index is 746. The van der Waals surface area contributed by atoms with Crippen molar-refractivity contribution in [2.24, 2.45) is 0 Å². The first-order valence-electron chi connectivity index (χ1n) is 6.14. The predicted molar refractivity (Wildman–Crippen MR) is 77.2 cm³/mol. The lowest BCUT2D eigenvalue weighted by Crippen LogP contribution is -2.02. The van der Waals surface area contributed by atoms with Crippen molar-refractivity contribution in [1.82, 2.24) is 4.57 Å². The summed E-state index contributed by atoms with van der Waals surface area (Å²) in [6.07, 6.45) is 0. The van der Waals surface area contributed by atoms with Crippen LogP contribution in [0.15, 0.2) is 48.5 Å². The van der Waals surface area contributed by atoms with Crippen molar-refractivity contribution in [2.75, 3.05) is 0 Å². The van der Waals surface area contributed by atoms with E-state index in [0.717, 1.165) is 16.8 Å². The van der Waals surface area contributed by atoms with Gasteiger partial charge in [-0.1, -0.05) is 29.8 Å². The first kappa shape index (κ1) is 12.2. The second kappa shape index (κ2) is 4.71. The summed E-state index contributed by atoms with van der Waals surface area (Å²) in [5, 5.41) is 1.78. The van der Waals surface area contributed by atoms with Crippen LogP contribution in [0.25, 0.3) is 10.9 Å². The zero-order chi connectivity index (χ0) is 13.4. The van der Waals surface area contributed by atoms with Crippen molar-refractivity contribution in [3.63, 3.8) is 0 Å². The fraction of sp³-hybridized carbons (Fsp3) is 0.125. The monoisotopic (exact) mass is 273 g/mol. The van der Waals surface area contributed by atoms with Crippen LogP contribution in [0.2, 0.25) is 5.02 Å². The number of hydrogen-bond acceptors (Lipinski definition) is 0. The number of fused-ring (bicyclic) bond motifs is 1. The molecule has 1 nitrogen and oxygen atoms in total. The molecule has 19 heavy (non-hydrogen) atoms. The Morgan fingerprint density at radius 3 is 2.74 bits per heavy atom. The summed E-state index contributed by atoms with van der Waals surface area (Å²) in [4.78, 5) is 0. The zero-order valence-corrected chi connectivity index (χ0v) is 11.3. The molecule has 0 aliphatic heterocycles. The molecule has 0 fully saturated rings. The van der Waals surface area contributed by atoms with E-state index in [0.29, 0.717) is 11.6 Å². The first-order chi connectivity index (χ1) is 9.15. The number of nitrogens with zero attached hydrogens (tertiary/aromatic N) is 1. The van der Waals surface area contributed by atoms with Crippen LogP contribution in [-0.4, -0.2) is 4.57 Å². The van der Waals surface area contributed by atoms with Gasteiger partial charge < -0.3 is 4.57 Å². The third kappa shape index (κ3) is 2.24. The third-order valence-corrected chi connectivity index (χ3v) is 3.72. The molecule has 0 saturated carbocycles. The molecule has 0 saturated heterocycles. The van der Waals surface area contributed by atoms with E-state index >= 15 is 0 Å². The van der Waals surface area contributed by atoms with Crippen LogP contribution in [-0.2, 0) is 6.54 Å². The summed E-state index contributed by atoms with van der Waals surface area (Å²) in [5.41, 5.74) is 3.08. The third-order valence-electron chi connectivity index (χ3n) is 3.35. The normalized spacial score (nSPS) is 11.1. The highest BCUT2D eigenvalue weighted by Crippen LogP contribution is 2.24. The Labute approximate surface area is 116 Å². The van der Waals surface area contributed by atoms with E-state index < -0.39 is 0 Å². The van der Waals surface area contributed by atoms with Crippen LogP contribution in [0.5, 0.6) is 0 Å². The highest BCUT2D eigenvalue weighted by molar-refractivity contribution is 6.31. The van der Waals surface area contributed by atoms with Crippen LogP contribution in [0.1, 0.15) is 11.3 Å². The lowest BCUT2D eigenvalue weighted by Gasteiger charge is -2.10. The van der Waals surface area contributed by atoms with E-state index in [9.17, 15) is 4.39 Å². The number of halogens is 2. The van der Waals surface area contributed by atoms with Crippen molar-refractivity contribution in [3.8, 4) is 0 Å². The lowest BCUT2D eigenvalue weighted by molar-refractivity contribution is 0.623. The van der Waals surface area contributed by atoms with Gasteiger partial charge in [-0.2, -0.15) is 0 Å². The van der Waals surface area contributed by atoms with E-state index in [-0.39, 0.29) is 5.82 Å². The summed E-state index contributed by atoms with van der Waals surface area (Å²) in [6, 6.07) is 14.8. The molecule has 3 aromatic rings. The number of aromatic nitrogens is 1. The molecule has 3 heteroatoms. The van der Waals surface area contributed by atoms with Gasteiger partial charge in [-0.25, -0.2) is 4.39 Å². The maximum atomic E-state index is 13.3. The molecular weight excluding hydrogens is 261 g/mol. The fourth-order valence-electron chi connectivity index (χ4n) is 2.39. The summed E-state index contributed by atoms with van der Waals surface area (Å²) < 4.78 is 15.5. The Balaban J connectivity index is 2.10. The van der Waals surface area contributed by atoms with Crippen LogP contribution in [0.3, 0.4) is 0 Å². The van der Waals surface area contributed by atoms with Gasteiger partial charge in [-0.3, -0.25) is 0 Å². The van der Waals surface area contributed by atoms with Crippen LogP contribution >= 0.6 is 11.6 Å². The van der Waals surface area contributed by atoms with Crippen molar-refractivity contribution in [2.45, 2.75) is 13.5 Å². The molecule has 1 aromatic heterocycles.